The summed E-state index contributed by atoms with van der Waals surface area (Å²) in [4.78, 5) is 12.1. The van der Waals surface area contributed by atoms with Crippen molar-refractivity contribution in [1.29, 1.82) is 0 Å². The Kier molecular flexibility index (Phi) is 10.6. The molecule has 7 heteroatoms. The normalized spacial score (nSPS) is 16.7. The van der Waals surface area contributed by atoms with Crippen molar-refractivity contribution in [3.05, 3.63) is 57.3 Å². The minimum Gasteiger partial charge on any atom is -0.354 e. The molecule has 0 aliphatic carbocycles. The third-order valence-electron chi connectivity index (χ3n) is 5.40. The fourth-order valence-corrected chi connectivity index (χ4v) is 4.61. The van der Waals surface area contributed by atoms with Gasteiger partial charge in [0.15, 0.2) is 5.96 Å². The summed E-state index contributed by atoms with van der Waals surface area (Å²) in [5.41, 5.74) is 2.66. The number of nitrogens with one attached hydrogen (secondary N) is 2. The van der Waals surface area contributed by atoms with E-state index < -0.39 is 0 Å². The van der Waals surface area contributed by atoms with Gasteiger partial charge in [0.2, 0.25) is 0 Å². The van der Waals surface area contributed by atoms with Crippen LogP contribution in [0.3, 0.4) is 0 Å². The first-order valence-electron chi connectivity index (χ1n) is 10.5. The molecule has 0 saturated carbocycles. The van der Waals surface area contributed by atoms with E-state index in [-0.39, 0.29) is 24.0 Å². The molecule has 0 amide bonds. The van der Waals surface area contributed by atoms with Crippen LogP contribution >= 0.6 is 35.3 Å². The number of hydrogen-bond donors (Lipinski definition) is 2. The first kappa shape index (κ1) is 25.1. The lowest BCUT2D eigenvalue weighted by Gasteiger charge is -2.32. The monoisotopic (exact) mass is 541 g/mol. The standard InChI is InChI=1S/C23H35N5S.HI/c1-18(15-22-10-5-19(2)29-22)26-23(24-3)25-16-20-6-8-21(9-7-20)17-28-13-11-27(4)12-14-28;/h5-10,18H,11-17H2,1-4H3,(H2,24,25,26);1H. The van der Waals surface area contributed by atoms with Crippen LogP contribution in [0.1, 0.15) is 27.8 Å². The van der Waals surface area contributed by atoms with Gasteiger partial charge >= 0.3 is 0 Å². The Balaban J connectivity index is 0.00000320. The van der Waals surface area contributed by atoms with Crippen molar-refractivity contribution in [2.24, 2.45) is 4.99 Å². The molecule has 0 spiro atoms. The van der Waals surface area contributed by atoms with Crippen LogP contribution < -0.4 is 10.6 Å². The number of aryl methyl sites for hydroxylation is 1. The lowest BCUT2D eigenvalue weighted by molar-refractivity contribution is 0.148. The van der Waals surface area contributed by atoms with Crippen molar-refractivity contribution in [3.8, 4) is 0 Å². The molecule has 1 aromatic heterocycles. The maximum atomic E-state index is 4.38. The predicted molar refractivity (Wildman–Crippen MR) is 140 cm³/mol. The number of halogens is 1. The van der Waals surface area contributed by atoms with Crippen LogP contribution in [0, 0.1) is 6.92 Å². The van der Waals surface area contributed by atoms with Crippen molar-refractivity contribution >= 4 is 41.3 Å². The van der Waals surface area contributed by atoms with Gasteiger partial charge in [-0.2, -0.15) is 0 Å². The van der Waals surface area contributed by atoms with Crippen molar-refractivity contribution in [1.82, 2.24) is 20.4 Å². The van der Waals surface area contributed by atoms with Gasteiger partial charge in [-0.05, 0) is 44.2 Å². The summed E-state index contributed by atoms with van der Waals surface area (Å²) in [5.74, 6) is 0.854. The van der Waals surface area contributed by atoms with E-state index in [2.05, 4.69) is 82.7 Å². The smallest absolute Gasteiger partial charge is 0.191 e. The number of guanidine groups is 1. The number of likely N-dealkylation sites (N-methyl/N-ethyl adjacent to an activating group) is 1. The lowest BCUT2D eigenvalue weighted by atomic mass is 10.1. The molecule has 2 aromatic rings. The summed E-state index contributed by atoms with van der Waals surface area (Å²) in [6.45, 7) is 10.8. The molecule has 1 aromatic carbocycles. The number of rotatable bonds is 7. The molecule has 166 valence electrons. The van der Waals surface area contributed by atoms with Gasteiger partial charge < -0.3 is 15.5 Å². The number of benzene rings is 1. The third-order valence-corrected chi connectivity index (χ3v) is 6.42. The molecular formula is C23H36IN5S. The first-order chi connectivity index (χ1) is 14.0. The lowest BCUT2D eigenvalue weighted by Crippen LogP contribution is -2.43. The largest absolute Gasteiger partial charge is 0.354 e. The highest BCUT2D eigenvalue weighted by atomic mass is 127. The molecule has 1 saturated heterocycles. The molecule has 1 aliphatic rings. The van der Waals surface area contributed by atoms with Gasteiger partial charge in [-0.25, -0.2) is 0 Å². The molecule has 1 atom stereocenters. The fraction of sp³-hybridized carbons (Fsp3) is 0.522. The average Bonchev–Trinajstić information content (AvgIpc) is 3.12. The second kappa shape index (κ2) is 12.6. The van der Waals surface area contributed by atoms with Crippen molar-refractivity contribution in [2.45, 2.75) is 39.4 Å². The Labute approximate surface area is 203 Å². The number of hydrogen-bond acceptors (Lipinski definition) is 4. The highest BCUT2D eigenvalue weighted by molar-refractivity contribution is 14.0. The molecule has 2 N–H and O–H groups in total. The Morgan fingerprint density at radius 1 is 1.07 bits per heavy atom. The molecular weight excluding hydrogens is 505 g/mol. The highest BCUT2D eigenvalue weighted by Crippen LogP contribution is 2.16. The molecule has 1 aliphatic heterocycles. The van der Waals surface area contributed by atoms with E-state index in [9.17, 15) is 0 Å². The zero-order valence-corrected chi connectivity index (χ0v) is 21.8. The van der Waals surface area contributed by atoms with Crippen LogP contribution in [0.4, 0.5) is 0 Å². The predicted octanol–water partition coefficient (Wildman–Crippen LogP) is 3.72. The SMILES string of the molecule is CN=C(NCc1ccc(CN2CCN(C)CC2)cc1)NC(C)Cc1ccc(C)s1.I. The van der Waals surface area contributed by atoms with E-state index in [1.54, 1.807) is 0 Å². The first-order valence-corrected chi connectivity index (χ1v) is 11.3. The van der Waals surface area contributed by atoms with E-state index in [0.717, 1.165) is 38.6 Å². The van der Waals surface area contributed by atoms with E-state index in [1.807, 2.05) is 18.4 Å². The number of nitrogens with zero attached hydrogens (tertiary/aromatic N) is 3. The van der Waals surface area contributed by atoms with Gasteiger partial charge in [0.1, 0.15) is 0 Å². The molecule has 3 rings (SSSR count). The van der Waals surface area contributed by atoms with E-state index in [4.69, 9.17) is 0 Å². The van der Waals surface area contributed by atoms with Gasteiger partial charge in [0.25, 0.3) is 0 Å². The second-order valence-corrected chi connectivity index (χ2v) is 9.46. The molecule has 1 fully saturated rings. The van der Waals surface area contributed by atoms with Crippen LogP contribution in [0.5, 0.6) is 0 Å². The Morgan fingerprint density at radius 2 is 1.73 bits per heavy atom. The maximum Gasteiger partial charge on any atom is 0.191 e. The van der Waals surface area contributed by atoms with Crippen molar-refractivity contribution in [2.75, 3.05) is 40.3 Å². The number of aliphatic imine (C=N–C) groups is 1. The number of thiophene rings is 1. The van der Waals surface area contributed by atoms with E-state index in [0.29, 0.717) is 6.04 Å². The summed E-state index contributed by atoms with van der Waals surface area (Å²) in [5, 5.41) is 6.94. The zero-order chi connectivity index (χ0) is 20.6. The van der Waals surface area contributed by atoms with Crippen molar-refractivity contribution < 1.29 is 0 Å². The average molecular weight is 542 g/mol. The summed E-state index contributed by atoms with van der Waals surface area (Å²) >= 11 is 1.87. The maximum absolute atomic E-state index is 4.38. The van der Waals surface area contributed by atoms with Crippen LogP contribution in [0.25, 0.3) is 0 Å². The van der Waals surface area contributed by atoms with Crippen LogP contribution in [-0.4, -0.2) is 62.1 Å². The van der Waals surface area contributed by atoms with Gasteiger partial charge in [-0.15, -0.1) is 35.3 Å². The Hall–Kier alpha value is -1.16. The Bertz CT molecular complexity index is 781. The van der Waals surface area contributed by atoms with Gasteiger partial charge in [-0.1, -0.05) is 24.3 Å². The quantitative estimate of drug-likeness (QED) is 0.319. The molecule has 0 bridgehead atoms. The summed E-state index contributed by atoms with van der Waals surface area (Å²) in [7, 11) is 4.03. The zero-order valence-electron chi connectivity index (χ0n) is 18.6. The highest BCUT2D eigenvalue weighted by Gasteiger charge is 2.13. The molecule has 2 heterocycles. The second-order valence-electron chi connectivity index (χ2n) is 8.08. The van der Waals surface area contributed by atoms with E-state index in [1.165, 1.54) is 34.0 Å². The van der Waals surface area contributed by atoms with Crippen LogP contribution in [0.2, 0.25) is 0 Å². The van der Waals surface area contributed by atoms with Crippen LogP contribution in [-0.2, 0) is 19.5 Å². The molecule has 0 radical (unpaired) electrons. The number of piperazine rings is 1. The van der Waals surface area contributed by atoms with Crippen molar-refractivity contribution in [3.63, 3.8) is 0 Å². The van der Waals surface area contributed by atoms with E-state index >= 15 is 0 Å². The topological polar surface area (TPSA) is 42.9 Å². The molecule has 5 nitrogen and oxygen atoms in total. The van der Waals surface area contributed by atoms with Gasteiger partial charge in [0.05, 0.1) is 0 Å². The summed E-state index contributed by atoms with van der Waals surface area (Å²) in [6, 6.07) is 13.7. The third kappa shape index (κ3) is 8.17. The summed E-state index contributed by atoms with van der Waals surface area (Å²) in [6.07, 6.45) is 1.01. The van der Waals surface area contributed by atoms with Gasteiger partial charge in [-0.3, -0.25) is 9.89 Å². The Morgan fingerprint density at radius 3 is 2.33 bits per heavy atom. The molecule has 1 unspecified atom stereocenters. The minimum atomic E-state index is 0. The molecule has 30 heavy (non-hydrogen) atoms. The fourth-order valence-electron chi connectivity index (χ4n) is 3.59. The van der Waals surface area contributed by atoms with Gasteiger partial charge in [0, 0.05) is 68.5 Å². The minimum absolute atomic E-state index is 0. The van der Waals surface area contributed by atoms with Crippen LogP contribution in [0.15, 0.2) is 41.4 Å². The summed E-state index contributed by atoms with van der Waals surface area (Å²) < 4.78 is 0.